The first kappa shape index (κ1) is 17.9. The number of rotatable bonds is 8. The Morgan fingerprint density at radius 3 is 2.58 bits per heavy atom. The summed E-state index contributed by atoms with van der Waals surface area (Å²) < 4.78 is 1.73. The molecule has 0 aliphatic rings. The third-order valence-corrected chi connectivity index (χ3v) is 4.40. The molecule has 0 spiro atoms. The van der Waals surface area contributed by atoms with E-state index < -0.39 is 0 Å². The van der Waals surface area contributed by atoms with Gasteiger partial charge in [0.2, 0.25) is 5.91 Å². The minimum atomic E-state index is -0.292. The number of carbonyl (C=O) groups excluding carboxylic acids is 1. The summed E-state index contributed by atoms with van der Waals surface area (Å²) in [4.78, 5) is 11.7. The summed E-state index contributed by atoms with van der Waals surface area (Å²) in [7, 11) is 1.86. The van der Waals surface area contributed by atoms with Crippen LogP contribution in [0.15, 0.2) is 67.0 Å². The van der Waals surface area contributed by atoms with E-state index in [4.69, 9.17) is 5.73 Å². The number of nitrogens with one attached hydrogen (secondary N) is 1. The Bertz CT molecular complexity index is 857. The van der Waals surface area contributed by atoms with E-state index in [-0.39, 0.29) is 11.8 Å². The van der Waals surface area contributed by atoms with E-state index in [0.717, 1.165) is 5.56 Å². The molecule has 26 heavy (non-hydrogen) atoms. The molecule has 0 saturated carbocycles. The molecular formula is C21H24N4O. The van der Waals surface area contributed by atoms with Gasteiger partial charge in [-0.2, -0.15) is 5.10 Å². The maximum Gasteiger partial charge on any atom is 0.222 e. The molecule has 3 aromatic rings. The number of aromatic nitrogens is 2. The fourth-order valence-corrected chi connectivity index (χ4v) is 3.02. The molecule has 0 fully saturated rings. The van der Waals surface area contributed by atoms with Crippen LogP contribution < -0.4 is 11.1 Å². The molecule has 1 atom stereocenters. The minimum Gasteiger partial charge on any atom is -0.369 e. The fraction of sp³-hybridized carbons (Fsp3) is 0.238. The van der Waals surface area contributed by atoms with Gasteiger partial charge in [0.25, 0.3) is 0 Å². The van der Waals surface area contributed by atoms with Crippen molar-refractivity contribution in [2.24, 2.45) is 18.7 Å². The van der Waals surface area contributed by atoms with E-state index in [2.05, 4.69) is 46.8 Å². The number of hydrogen-bond donors (Lipinski definition) is 2. The van der Waals surface area contributed by atoms with E-state index in [1.165, 1.54) is 16.7 Å². The van der Waals surface area contributed by atoms with E-state index in [1.54, 1.807) is 10.9 Å². The van der Waals surface area contributed by atoms with Crippen LogP contribution in [0.2, 0.25) is 0 Å². The van der Waals surface area contributed by atoms with Crippen molar-refractivity contribution in [1.82, 2.24) is 15.1 Å². The molecule has 0 bridgehead atoms. The Balaban J connectivity index is 1.58. The number of benzene rings is 2. The molecule has 0 unspecified atom stereocenters. The van der Waals surface area contributed by atoms with Gasteiger partial charge in [-0.1, -0.05) is 48.5 Å². The van der Waals surface area contributed by atoms with Crippen LogP contribution in [-0.4, -0.2) is 22.2 Å². The van der Waals surface area contributed by atoms with Crippen LogP contribution >= 0.6 is 0 Å². The molecule has 134 valence electrons. The number of nitrogens with zero attached hydrogens (tertiary/aromatic N) is 2. The van der Waals surface area contributed by atoms with Gasteiger partial charge in [-0.3, -0.25) is 9.48 Å². The van der Waals surface area contributed by atoms with Crippen LogP contribution in [0.25, 0.3) is 11.1 Å². The Morgan fingerprint density at radius 1 is 1.12 bits per heavy atom. The third kappa shape index (κ3) is 4.80. The molecule has 1 aromatic heterocycles. The zero-order valence-electron chi connectivity index (χ0n) is 14.9. The monoisotopic (exact) mass is 348 g/mol. The van der Waals surface area contributed by atoms with E-state index in [9.17, 15) is 4.79 Å². The number of aryl methyl sites for hydroxylation is 1. The first-order valence-electron chi connectivity index (χ1n) is 8.74. The van der Waals surface area contributed by atoms with Crippen molar-refractivity contribution in [2.45, 2.75) is 13.0 Å². The summed E-state index contributed by atoms with van der Waals surface area (Å²) in [5.41, 5.74) is 10.1. The van der Waals surface area contributed by atoms with Gasteiger partial charge in [-0.15, -0.1) is 0 Å². The van der Waals surface area contributed by atoms with Crippen LogP contribution in [0, 0.1) is 5.92 Å². The lowest BCUT2D eigenvalue weighted by Gasteiger charge is -2.14. The van der Waals surface area contributed by atoms with Crippen molar-refractivity contribution >= 4 is 5.91 Å². The highest BCUT2D eigenvalue weighted by atomic mass is 16.1. The van der Waals surface area contributed by atoms with Gasteiger partial charge < -0.3 is 11.1 Å². The average molecular weight is 348 g/mol. The fourth-order valence-electron chi connectivity index (χ4n) is 3.02. The Kier molecular flexibility index (Phi) is 5.81. The second kappa shape index (κ2) is 8.45. The smallest absolute Gasteiger partial charge is 0.222 e. The molecule has 5 nitrogen and oxygen atoms in total. The Labute approximate surface area is 153 Å². The molecule has 1 amide bonds. The second-order valence-electron chi connectivity index (χ2n) is 6.52. The zero-order valence-corrected chi connectivity index (χ0v) is 14.9. The van der Waals surface area contributed by atoms with Crippen molar-refractivity contribution in [3.05, 3.63) is 78.1 Å². The summed E-state index contributed by atoms with van der Waals surface area (Å²) in [6.45, 7) is 1.23. The quantitative estimate of drug-likeness (QED) is 0.657. The predicted octanol–water partition coefficient (Wildman–Crippen LogP) is 2.52. The maximum absolute atomic E-state index is 11.7. The molecule has 0 radical (unpaired) electrons. The number of amides is 1. The van der Waals surface area contributed by atoms with E-state index in [0.29, 0.717) is 19.5 Å². The minimum absolute atomic E-state index is 0.253. The summed E-state index contributed by atoms with van der Waals surface area (Å²) in [5, 5.41) is 7.50. The number of hydrogen-bond acceptors (Lipinski definition) is 3. The lowest BCUT2D eigenvalue weighted by molar-refractivity contribution is -0.121. The summed E-state index contributed by atoms with van der Waals surface area (Å²) >= 11 is 0. The van der Waals surface area contributed by atoms with Crippen LogP contribution in [0.4, 0.5) is 0 Å². The van der Waals surface area contributed by atoms with Crippen molar-refractivity contribution < 1.29 is 4.79 Å². The van der Waals surface area contributed by atoms with Crippen molar-refractivity contribution in [3.8, 4) is 11.1 Å². The van der Waals surface area contributed by atoms with Crippen molar-refractivity contribution in [3.63, 3.8) is 0 Å². The van der Waals surface area contributed by atoms with E-state index in [1.807, 2.05) is 31.4 Å². The van der Waals surface area contributed by atoms with Crippen LogP contribution in [0.1, 0.15) is 11.1 Å². The topological polar surface area (TPSA) is 72.9 Å². The maximum atomic E-state index is 11.7. The zero-order chi connectivity index (χ0) is 18.4. The predicted molar refractivity (Wildman–Crippen MR) is 103 cm³/mol. The average Bonchev–Trinajstić information content (AvgIpc) is 3.07. The number of carbonyl (C=O) groups is 1. The van der Waals surface area contributed by atoms with Gasteiger partial charge in [-0.05, 0) is 34.7 Å². The highest BCUT2D eigenvalue weighted by Crippen LogP contribution is 2.20. The van der Waals surface area contributed by atoms with E-state index >= 15 is 0 Å². The molecule has 0 aliphatic heterocycles. The first-order valence-corrected chi connectivity index (χ1v) is 8.74. The summed E-state index contributed by atoms with van der Waals surface area (Å²) in [6.07, 6.45) is 4.29. The van der Waals surface area contributed by atoms with Crippen LogP contribution in [-0.2, 0) is 24.8 Å². The van der Waals surface area contributed by atoms with Crippen LogP contribution in [0.3, 0.4) is 0 Å². The van der Waals surface area contributed by atoms with Crippen LogP contribution in [0.5, 0.6) is 0 Å². The molecule has 0 aliphatic carbocycles. The van der Waals surface area contributed by atoms with Crippen molar-refractivity contribution in [1.29, 1.82) is 0 Å². The normalized spacial score (nSPS) is 12.0. The Morgan fingerprint density at radius 2 is 1.88 bits per heavy atom. The molecule has 1 heterocycles. The first-order chi connectivity index (χ1) is 12.6. The SMILES string of the molecule is Cn1cc(C[C@@H](CNCc2cccc(-c3ccccc3)c2)C(N)=O)cn1. The van der Waals surface area contributed by atoms with Crippen molar-refractivity contribution in [2.75, 3.05) is 6.54 Å². The standard InChI is InChI=1S/C21H24N4O/c1-25-15-17(13-24-25)11-20(21(22)26)14-23-12-16-6-5-9-19(10-16)18-7-3-2-4-8-18/h2-10,13,15,20,23H,11-12,14H2,1H3,(H2,22,26)/t20-/m0/s1. The van der Waals surface area contributed by atoms with Gasteiger partial charge in [0, 0.05) is 26.3 Å². The number of nitrogens with two attached hydrogens (primary N) is 1. The Hall–Kier alpha value is -2.92. The van der Waals surface area contributed by atoms with Gasteiger partial charge in [0.15, 0.2) is 0 Å². The second-order valence-corrected chi connectivity index (χ2v) is 6.52. The summed E-state index contributed by atoms with van der Waals surface area (Å²) in [5.74, 6) is -0.545. The molecule has 5 heteroatoms. The van der Waals surface area contributed by atoms with Gasteiger partial charge >= 0.3 is 0 Å². The largest absolute Gasteiger partial charge is 0.369 e. The number of primary amides is 1. The van der Waals surface area contributed by atoms with Gasteiger partial charge in [-0.25, -0.2) is 0 Å². The lowest BCUT2D eigenvalue weighted by atomic mass is 10.0. The molecular weight excluding hydrogens is 324 g/mol. The molecule has 3 N–H and O–H groups in total. The highest BCUT2D eigenvalue weighted by Gasteiger charge is 2.16. The highest BCUT2D eigenvalue weighted by molar-refractivity contribution is 5.77. The van der Waals surface area contributed by atoms with Gasteiger partial charge in [0.05, 0.1) is 12.1 Å². The molecule has 2 aromatic carbocycles. The van der Waals surface area contributed by atoms with Gasteiger partial charge in [0.1, 0.15) is 0 Å². The lowest BCUT2D eigenvalue weighted by Crippen LogP contribution is -2.34. The molecule has 0 saturated heterocycles. The molecule has 3 rings (SSSR count). The third-order valence-electron chi connectivity index (χ3n) is 4.40. The summed E-state index contributed by atoms with van der Waals surface area (Å²) in [6, 6.07) is 18.7.